The summed E-state index contributed by atoms with van der Waals surface area (Å²) in [5.74, 6) is 0.806. The minimum Gasteiger partial charge on any atom is -0.353 e. The highest BCUT2D eigenvalue weighted by Crippen LogP contribution is 2.24. The summed E-state index contributed by atoms with van der Waals surface area (Å²) in [7, 11) is 0. The predicted molar refractivity (Wildman–Crippen MR) is 95.8 cm³/mol. The molecule has 3 rings (SSSR count). The van der Waals surface area contributed by atoms with Crippen LogP contribution in [0.1, 0.15) is 5.56 Å². The molecule has 2 N–H and O–H groups in total. The zero-order chi connectivity index (χ0) is 16.8. The van der Waals surface area contributed by atoms with E-state index in [4.69, 9.17) is 0 Å². The fourth-order valence-electron chi connectivity index (χ4n) is 2.11. The second-order valence-corrected chi connectivity index (χ2v) is 5.93. The van der Waals surface area contributed by atoms with E-state index in [1.165, 1.54) is 12.1 Å². The minimum atomic E-state index is -0.231. The van der Waals surface area contributed by atoms with Crippen LogP contribution in [0, 0.1) is 5.82 Å². The van der Waals surface area contributed by atoms with Crippen LogP contribution in [-0.4, -0.2) is 21.7 Å². The summed E-state index contributed by atoms with van der Waals surface area (Å²) in [4.78, 5) is 4.38. The number of hydrogen-bond acceptors (Lipinski definition) is 5. The van der Waals surface area contributed by atoms with Crippen LogP contribution < -0.4 is 10.6 Å². The van der Waals surface area contributed by atoms with E-state index in [-0.39, 0.29) is 5.82 Å². The van der Waals surface area contributed by atoms with Gasteiger partial charge in [0, 0.05) is 11.0 Å². The zero-order valence-corrected chi connectivity index (χ0v) is 14.3. The van der Waals surface area contributed by atoms with Gasteiger partial charge >= 0.3 is 0 Å². The number of hydrogen-bond donors (Lipinski definition) is 2. The van der Waals surface area contributed by atoms with Crippen molar-refractivity contribution in [2.45, 2.75) is 6.42 Å². The van der Waals surface area contributed by atoms with Crippen LogP contribution in [0.5, 0.6) is 0 Å². The molecule has 122 valence electrons. The number of halogens is 2. The van der Waals surface area contributed by atoms with Crippen LogP contribution in [0.2, 0.25) is 0 Å². The molecule has 2 aromatic carbocycles. The number of para-hydroxylation sites is 1. The van der Waals surface area contributed by atoms with E-state index >= 15 is 0 Å². The highest BCUT2D eigenvalue weighted by molar-refractivity contribution is 9.10. The van der Waals surface area contributed by atoms with Crippen molar-refractivity contribution in [3.8, 4) is 0 Å². The first-order valence-corrected chi connectivity index (χ1v) is 8.19. The van der Waals surface area contributed by atoms with E-state index in [1.54, 1.807) is 18.3 Å². The third-order valence-electron chi connectivity index (χ3n) is 3.31. The van der Waals surface area contributed by atoms with Crippen LogP contribution in [0.15, 0.2) is 59.2 Å². The van der Waals surface area contributed by atoms with Gasteiger partial charge in [-0.3, -0.25) is 0 Å². The molecule has 0 saturated heterocycles. The van der Waals surface area contributed by atoms with Crippen molar-refractivity contribution in [3.05, 3.63) is 70.6 Å². The fraction of sp³-hybridized carbons (Fsp3) is 0.118. The molecule has 0 atom stereocenters. The molecule has 5 nitrogen and oxygen atoms in total. The molecule has 0 aliphatic heterocycles. The van der Waals surface area contributed by atoms with Gasteiger partial charge in [-0.15, -0.1) is 5.10 Å². The van der Waals surface area contributed by atoms with Gasteiger partial charge in [-0.1, -0.05) is 24.3 Å². The molecule has 3 aromatic rings. The van der Waals surface area contributed by atoms with Gasteiger partial charge in [0.25, 0.3) is 0 Å². The van der Waals surface area contributed by atoms with Crippen LogP contribution in [0.3, 0.4) is 0 Å². The van der Waals surface area contributed by atoms with Crippen LogP contribution in [0.4, 0.5) is 21.8 Å². The second-order valence-electron chi connectivity index (χ2n) is 5.07. The SMILES string of the molecule is Fc1ccc(CCNc2nncc(Nc3ccccc3Br)n2)cc1. The van der Waals surface area contributed by atoms with E-state index in [0.29, 0.717) is 18.3 Å². The van der Waals surface area contributed by atoms with Crippen LogP contribution >= 0.6 is 15.9 Å². The lowest BCUT2D eigenvalue weighted by atomic mass is 10.1. The van der Waals surface area contributed by atoms with Crippen molar-refractivity contribution in [1.82, 2.24) is 15.2 Å². The number of nitrogens with zero attached hydrogens (tertiary/aromatic N) is 3. The molecule has 1 aromatic heterocycles. The maximum absolute atomic E-state index is 12.9. The molecular formula is C17H15BrFN5. The normalized spacial score (nSPS) is 10.4. The number of aromatic nitrogens is 3. The predicted octanol–water partition coefficient (Wildman–Crippen LogP) is 4.17. The Bertz CT molecular complexity index is 810. The van der Waals surface area contributed by atoms with Crippen molar-refractivity contribution in [3.63, 3.8) is 0 Å². The van der Waals surface area contributed by atoms with Crippen molar-refractivity contribution >= 4 is 33.4 Å². The van der Waals surface area contributed by atoms with Gasteiger partial charge in [0.1, 0.15) is 5.82 Å². The lowest BCUT2D eigenvalue weighted by Crippen LogP contribution is -2.09. The summed E-state index contributed by atoms with van der Waals surface area (Å²) in [6.07, 6.45) is 2.30. The van der Waals surface area contributed by atoms with Gasteiger partial charge < -0.3 is 10.6 Å². The van der Waals surface area contributed by atoms with Gasteiger partial charge in [-0.05, 0) is 52.2 Å². The highest BCUT2D eigenvalue weighted by Gasteiger charge is 2.03. The smallest absolute Gasteiger partial charge is 0.244 e. The molecule has 0 fully saturated rings. The monoisotopic (exact) mass is 387 g/mol. The quantitative estimate of drug-likeness (QED) is 0.664. The lowest BCUT2D eigenvalue weighted by molar-refractivity contribution is 0.627. The number of rotatable bonds is 6. The Morgan fingerprint density at radius 2 is 1.83 bits per heavy atom. The first-order chi connectivity index (χ1) is 11.7. The Morgan fingerprint density at radius 1 is 1.04 bits per heavy atom. The van der Waals surface area contributed by atoms with E-state index in [1.807, 2.05) is 24.3 Å². The molecule has 0 bridgehead atoms. The Balaban J connectivity index is 1.59. The zero-order valence-electron chi connectivity index (χ0n) is 12.7. The van der Waals surface area contributed by atoms with E-state index in [9.17, 15) is 4.39 Å². The average molecular weight is 388 g/mol. The average Bonchev–Trinajstić information content (AvgIpc) is 2.59. The first kappa shape index (κ1) is 16.3. The van der Waals surface area contributed by atoms with E-state index < -0.39 is 0 Å². The molecule has 0 radical (unpaired) electrons. The molecular weight excluding hydrogens is 373 g/mol. The molecule has 0 spiro atoms. The Morgan fingerprint density at radius 3 is 2.62 bits per heavy atom. The topological polar surface area (TPSA) is 62.7 Å². The molecule has 24 heavy (non-hydrogen) atoms. The van der Waals surface area contributed by atoms with Gasteiger partial charge in [-0.2, -0.15) is 10.1 Å². The standard InChI is InChI=1S/C17H15BrFN5/c18-14-3-1-2-4-15(14)22-16-11-21-24-17(23-16)20-10-9-12-5-7-13(19)8-6-12/h1-8,11H,9-10H2,(H2,20,22,23,24). The van der Waals surface area contributed by atoms with Crippen molar-refractivity contribution in [2.24, 2.45) is 0 Å². The molecule has 7 heteroatoms. The summed E-state index contributed by atoms with van der Waals surface area (Å²) in [5.41, 5.74) is 1.94. The number of anilines is 3. The third-order valence-corrected chi connectivity index (χ3v) is 4.00. The maximum Gasteiger partial charge on any atom is 0.244 e. The largest absolute Gasteiger partial charge is 0.353 e. The van der Waals surface area contributed by atoms with Crippen LogP contribution in [0.25, 0.3) is 0 Å². The lowest BCUT2D eigenvalue weighted by Gasteiger charge is -2.09. The Labute approximate surface area is 147 Å². The van der Waals surface area contributed by atoms with Gasteiger partial charge in [0.15, 0.2) is 5.82 Å². The van der Waals surface area contributed by atoms with Crippen molar-refractivity contribution in [1.29, 1.82) is 0 Å². The van der Waals surface area contributed by atoms with Gasteiger partial charge in [-0.25, -0.2) is 4.39 Å². The van der Waals surface area contributed by atoms with Crippen molar-refractivity contribution < 1.29 is 4.39 Å². The highest BCUT2D eigenvalue weighted by atomic mass is 79.9. The number of benzene rings is 2. The summed E-state index contributed by atoms with van der Waals surface area (Å²) in [5, 5.41) is 14.2. The van der Waals surface area contributed by atoms with Crippen molar-refractivity contribution in [2.75, 3.05) is 17.2 Å². The molecule has 1 heterocycles. The van der Waals surface area contributed by atoms with Gasteiger partial charge in [0.05, 0.1) is 11.9 Å². The Hall–Kier alpha value is -2.54. The van der Waals surface area contributed by atoms with Crippen LogP contribution in [-0.2, 0) is 6.42 Å². The molecule has 0 aliphatic rings. The second kappa shape index (κ2) is 7.83. The summed E-state index contributed by atoms with van der Waals surface area (Å²) < 4.78 is 13.8. The third kappa shape index (κ3) is 4.48. The molecule has 0 amide bonds. The number of nitrogens with one attached hydrogen (secondary N) is 2. The van der Waals surface area contributed by atoms with E-state index in [2.05, 4.69) is 41.7 Å². The molecule has 0 unspecified atom stereocenters. The Kier molecular flexibility index (Phi) is 5.32. The molecule has 0 aliphatic carbocycles. The first-order valence-electron chi connectivity index (χ1n) is 7.40. The molecule has 0 saturated carbocycles. The summed E-state index contributed by atoms with van der Waals surface area (Å²) in [6, 6.07) is 14.2. The minimum absolute atomic E-state index is 0.231. The van der Waals surface area contributed by atoms with Gasteiger partial charge in [0.2, 0.25) is 5.95 Å². The summed E-state index contributed by atoms with van der Waals surface area (Å²) in [6.45, 7) is 0.631. The fourth-order valence-corrected chi connectivity index (χ4v) is 2.49. The summed E-state index contributed by atoms with van der Waals surface area (Å²) >= 11 is 3.48. The maximum atomic E-state index is 12.9. The van der Waals surface area contributed by atoms with E-state index in [0.717, 1.165) is 22.1 Å².